The standard InChI is InChI=1S/C30H43N3O2S/c1-3-5-7-12-21-32(22-13-8-6-4-2)23-24-33(26-27-15-10-9-11-16-27)36(34,35)30-18-14-17-28-25-31-20-19-29(28)30/h9-11,14-20,25H,3-8,12-13,21-24,26H2,1-2H3. The third-order valence-corrected chi connectivity index (χ3v) is 8.69. The van der Waals surface area contributed by atoms with E-state index < -0.39 is 10.0 Å². The Labute approximate surface area is 218 Å². The van der Waals surface area contributed by atoms with Gasteiger partial charge in [-0.25, -0.2) is 8.42 Å². The molecule has 1 heterocycles. The smallest absolute Gasteiger partial charge is 0.244 e. The molecular formula is C30H43N3O2S. The fraction of sp³-hybridized carbons (Fsp3) is 0.500. The number of benzene rings is 2. The molecule has 2 aromatic carbocycles. The molecule has 0 atom stereocenters. The lowest BCUT2D eigenvalue weighted by molar-refractivity contribution is 0.237. The van der Waals surface area contributed by atoms with Gasteiger partial charge in [0.2, 0.25) is 10.0 Å². The van der Waals surface area contributed by atoms with Crippen molar-refractivity contribution in [2.75, 3.05) is 26.2 Å². The highest BCUT2D eigenvalue weighted by atomic mass is 32.2. The van der Waals surface area contributed by atoms with Crippen LogP contribution in [0.2, 0.25) is 0 Å². The Hall–Kier alpha value is -2.28. The van der Waals surface area contributed by atoms with Gasteiger partial charge in [-0.05, 0) is 43.6 Å². The number of fused-ring (bicyclic) bond motifs is 1. The first kappa shape index (κ1) is 28.3. The quantitative estimate of drug-likeness (QED) is 0.186. The third-order valence-electron chi connectivity index (χ3n) is 6.78. The lowest BCUT2D eigenvalue weighted by Gasteiger charge is -2.28. The average Bonchev–Trinajstić information content (AvgIpc) is 2.90. The van der Waals surface area contributed by atoms with Crippen molar-refractivity contribution in [3.05, 3.63) is 72.6 Å². The van der Waals surface area contributed by atoms with E-state index in [9.17, 15) is 8.42 Å². The van der Waals surface area contributed by atoms with Gasteiger partial charge in [0.15, 0.2) is 0 Å². The zero-order chi connectivity index (χ0) is 25.6. The van der Waals surface area contributed by atoms with Crippen molar-refractivity contribution >= 4 is 20.8 Å². The van der Waals surface area contributed by atoms with Crippen LogP contribution in [-0.4, -0.2) is 48.8 Å². The van der Waals surface area contributed by atoms with Crippen LogP contribution in [-0.2, 0) is 16.6 Å². The SMILES string of the molecule is CCCCCCN(CCCCCC)CCN(Cc1ccccc1)S(=O)(=O)c1cccc2cnccc12. The van der Waals surface area contributed by atoms with E-state index in [1.807, 2.05) is 42.5 Å². The van der Waals surface area contributed by atoms with Gasteiger partial charge in [-0.2, -0.15) is 4.31 Å². The van der Waals surface area contributed by atoms with Crippen molar-refractivity contribution in [2.24, 2.45) is 0 Å². The summed E-state index contributed by atoms with van der Waals surface area (Å²) in [7, 11) is -3.70. The van der Waals surface area contributed by atoms with Gasteiger partial charge in [0, 0.05) is 42.8 Å². The van der Waals surface area contributed by atoms with Gasteiger partial charge < -0.3 is 4.90 Å². The highest BCUT2D eigenvalue weighted by Gasteiger charge is 2.27. The van der Waals surface area contributed by atoms with E-state index in [0.717, 1.165) is 36.0 Å². The Morgan fingerprint density at radius 2 is 1.42 bits per heavy atom. The van der Waals surface area contributed by atoms with Gasteiger partial charge in [-0.1, -0.05) is 94.8 Å². The van der Waals surface area contributed by atoms with Gasteiger partial charge in [-0.3, -0.25) is 4.98 Å². The molecule has 0 saturated carbocycles. The van der Waals surface area contributed by atoms with Crippen LogP contribution in [0.3, 0.4) is 0 Å². The van der Waals surface area contributed by atoms with Crippen LogP contribution >= 0.6 is 0 Å². The molecule has 0 unspecified atom stereocenters. The lowest BCUT2D eigenvalue weighted by atomic mass is 10.1. The first-order chi connectivity index (χ1) is 17.6. The number of hydrogen-bond donors (Lipinski definition) is 0. The van der Waals surface area contributed by atoms with E-state index in [1.165, 1.54) is 51.4 Å². The summed E-state index contributed by atoms with van der Waals surface area (Å²) in [5.41, 5.74) is 1.00. The Bertz CT molecular complexity index is 1120. The predicted octanol–water partition coefficient (Wildman–Crippen LogP) is 6.89. The summed E-state index contributed by atoms with van der Waals surface area (Å²) in [5.74, 6) is 0. The number of sulfonamides is 1. The summed E-state index contributed by atoms with van der Waals surface area (Å²) in [6.07, 6.45) is 13.2. The summed E-state index contributed by atoms with van der Waals surface area (Å²) in [5, 5.41) is 1.56. The van der Waals surface area contributed by atoms with Gasteiger partial charge in [0.05, 0.1) is 4.90 Å². The molecule has 0 spiro atoms. The van der Waals surface area contributed by atoms with Crippen molar-refractivity contribution in [1.29, 1.82) is 0 Å². The van der Waals surface area contributed by atoms with E-state index >= 15 is 0 Å². The largest absolute Gasteiger partial charge is 0.302 e. The van der Waals surface area contributed by atoms with E-state index in [1.54, 1.807) is 28.8 Å². The van der Waals surface area contributed by atoms with Gasteiger partial charge in [-0.15, -0.1) is 0 Å². The second-order valence-corrected chi connectivity index (χ2v) is 11.5. The number of rotatable bonds is 17. The molecule has 0 amide bonds. The number of aromatic nitrogens is 1. The van der Waals surface area contributed by atoms with E-state index in [0.29, 0.717) is 18.0 Å². The van der Waals surface area contributed by atoms with E-state index in [2.05, 4.69) is 23.7 Å². The van der Waals surface area contributed by atoms with E-state index in [-0.39, 0.29) is 0 Å². The van der Waals surface area contributed by atoms with E-state index in [4.69, 9.17) is 0 Å². The van der Waals surface area contributed by atoms with Gasteiger partial charge >= 0.3 is 0 Å². The second kappa shape index (κ2) is 15.1. The Balaban J connectivity index is 1.82. The highest BCUT2D eigenvalue weighted by molar-refractivity contribution is 7.89. The van der Waals surface area contributed by atoms with Crippen LogP contribution in [0.25, 0.3) is 10.8 Å². The van der Waals surface area contributed by atoms with Crippen LogP contribution < -0.4 is 0 Å². The van der Waals surface area contributed by atoms with Gasteiger partial charge in [0.1, 0.15) is 0 Å². The summed E-state index contributed by atoms with van der Waals surface area (Å²) in [6.45, 7) is 8.12. The lowest BCUT2D eigenvalue weighted by Crippen LogP contribution is -2.39. The molecule has 0 bridgehead atoms. The highest BCUT2D eigenvalue weighted by Crippen LogP contribution is 2.26. The molecule has 0 aliphatic heterocycles. The molecule has 6 heteroatoms. The molecule has 0 fully saturated rings. The van der Waals surface area contributed by atoms with Crippen molar-refractivity contribution < 1.29 is 8.42 Å². The molecule has 196 valence electrons. The maximum absolute atomic E-state index is 14.0. The molecule has 0 aliphatic rings. The molecule has 3 rings (SSSR count). The maximum atomic E-state index is 14.0. The summed E-state index contributed by atoms with van der Waals surface area (Å²) < 4.78 is 29.8. The molecule has 3 aromatic rings. The van der Waals surface area contributed by atoms with Crippen LogP contribution in [0.5, 0.6) is 0 Å². The molecule has 0 N–H and O–H groups in total. The fourth-order valence-corrected chi connectivity index (χ4v) is 6.27. The van der Waals surface area contributed by atoms with Crippen molar-refractivity contribution in [3.63, 3.8) is 0 Å². The second-order valence-electron chi connectivity index (χ2n) is 9.64. The van der Waals surface area contributed by atoms with Crippen LogP contribution in [0.1, 0.15) is 70.8 Å². The molecular weight excluding hydrogens is 466 g/mol. The monoisotopic (exact) mass is 509 g/mol. The topological polar surface area (TPSA) is 53.5 Å². The molecule has 1 aromatic heterocycles. The van der Waals surface area contributed by atoms with Crippen LogP contribution in [0.15, 0.2) is 71.9 Å². The summed E-state index contributed by atoms with van der Waals surface area (Å²) in [4.78, 5) is 7.01. The first-order valence-corrected chi connectivity index (χ1v) is 15.1. The third kappa shape index (κ3) is 8.39. The molecule has 0 radical (unpaired) electrons. The summed E-state index contributed by atoms with van der Waals surface area (Å²) in [6, 6.07) is 17.2. The number of hydrogen-bond acceptors (Lipinski definition) is 4. The first-order valence-electron chi connectivity index (χ1n) is 13.7. The molecule has 0 aliphatic carbocycles. The number of nitrogens with zero attached hydrogens (tertiary/aromatic N) is 3. The number of pyridine rings is 1. The maximum Gasteiger partial charge on any atom is 0.244 e. The predicted molar refractivity (Wildman–Crippen MR) is 151 cm³/mol. The van der Waals surface area contributed by atoms with Gasteiger partial charge in [0.25, 0.3) is 0 Å². The van der Waals surface area contributed by atoms with Crippen molar-refractivity contribution in [3.8, 4) is 0 Å². The molecule has 36 heavy (non-hydrogen) atoms. The Morgan fingerprint density at radius 1 is 0.722 bits per heavy atom. The zero-order valence-electron chi connectivity index (χ0n) is 22.1. The minimum atomic E-state index is -3.70. The summed E-state index contributed by atoms with van der Waals surface area (Å²) >= 11 is 0. The zero-order valence-corrected chi connectivity index (χ0v) is 22.9. The van der Waals surface area contributed by atoms with Crippen LogP contribution in [0.4, 0.5) is 0 Å². The normalized spacial score (nSPS) is 12.1. The molecule has 0 saturated heterocycles. The minimum Gasteiger partial charge on any atom is -0.302 e. The minimum absolute atomic E-state index is 0.357. The van der Waals surface area contributed by atoms with Crippen LogP contribution in [0, 0.1) is 0 Å². The average molecular weight is 510 g/mol. The Morgan fingerprint density at radius 3 is 2.08 bits per heavy atom. The molecule has 5 nitrogen and oxygen atoms in total. The number of unbranched alkanes of at least 4 members (excludes halogenated alkanes) is 6. The van der Waals surface area contributed by atoms with Crippen molar-refractivity contribution in [2.45, 2.75) is 76.7 Å². The Kier molecular flexibility index (Phi) is 11.9. The fourth-order valence-electron chi connectivity index (χ4n) is 4.64. The van der Waals surface area contributed by atoms with Crippen molar-refractivity contribution in [1.82, 2.24) is 14.2 Å².